The van der Waals surface area contributed by atoms with Gasteiger partial charge < -0.3 is 10.2 Å². The average molecular weight is 326 g/mol. The highest BCUT2D eigenvalue weighted by atomic mass is 15.3. The van der Waals surface area contributed by atoms with Crippen molar-refractivity contribution in [2.45, 2.75) is 26.3 Å². The van der Waals surface area contributed by atoms with Gasteiger partial charge in [-0.15, -0.1) is 5.10 Å². The van der Waals surface area contributed by atoms with Gasteiger partial charge in [0.15, 0.2) is 5.82 Å². The minimum atomic E-state index is 0.632. The van der Waals surface area contributed by atoms with Crippen LogP contribution in [0.4, 0.5) is 11.8 Å². The summed E-state index contributed by atoms with van der Waals surface area (Å²) in [6.45, 7) is 8.11. The Hall–Kier alpha value is -2.21. The minimum Gasteiger partial charge on any atom is -0.353 e. The Morgan fingerprint density at radius 1 is 1.08 bits per heavy atom. The van der Waals surface area contributed by atoms with E-state index in [2.05, 4.69) is 67.6 Å². The van der Waals surface area contributed by atoms with Gasteiger partial charge in [0.1, 0.15) is 0 Å². The molecule has 0 atom stereocenters. The van der Waals surface area contributed by atoms with E-state index >= 15 is 0 Å². The van der Waals surface area contributed by atoms with E-state index < -0.39 is 0 Å². The number of hydrogen-bond acceptors (Lipinski definition) is 6. The molecule has 1 aliphatic rings. The summed E-state index contributed by atoms with van der Waals surface area (Å²) in [7, 11) is 0. The van der Waals surface area contributed by atoms with Gasteiger partial charge in [0.05, 0.1) is 6.20 Å². The van der Waals surface area contributed by atoms with Crippen molar-refractivity contribution in [1.29, 1.82) is 0 Å². The van der Waals surface area contributed by atoms with Gasteiger partial charge in [-0.05, 0) is 12.0 Å². The Morgan fingerprint density at radius 3 is 2.62 bits per heavy atom. The molecule has 1 aromatic carbocycles. The number of nitrogens with zero attached hydrogens (tertiary/aromatic N) is 5. The Bertz CT molecular complexity index is 610. The predicted molar refractivity (Wildman–Crippen MR) is 97.2 cm³/mol. The number of nitrogens with one attached hydrogen (secondary N) is 1. The average Bonchev–Trinajstić information content (AvgIpc) is 2.64. The van der Waals surface area contributed by atoms with Gasteiger partial charge in [0.25, 0.3) is 0 Å². The molecular weight excluding hydrogens is 300 g/mol. The number of rotatable bonds is 7. The molecular formula is C18H26N6. The molecule has 0 unspecified atom stereocenters. The van der Waals surface area contributed by atoms with E-state index in [0.29, 0.717) is 5.95 Å². The Balaban J connectivity index is 1.52. The highest BCUT2D eigenvalue weighted by molar-refractivity contribution is 5.40. The number of unbranched alkanes of at least 4 members (excludes halogenated alkanes) is 1. The number of hydrogen-bond donors (Lipinski definition) is 1. The zero-order valence-electron chi connectivity index (χ0n) is 14.4. The summed E-state index contributed by atoms with van der Waals surface area (Å²) in [6, 6.07) is 10.6. The quantitative estimate of drug-likeness (QED) is 0.789. The molecule has 0 amide bonds. The smallest absolute Gasteiger partial charge is 0.244 e. The topological polar surface area (TPSA) is 57.2 Å². The van der Waals surface area contributed by atoms with E-state index in [9.17, 15) is 0 Å². The Morgan fingerprint density at radius 2 is 1.88 bits per heavy atom. The van der Waals surface area contributed by atoms with Gasteiger partial charge in [-0.2, -0.15) is 10.1 Å². The summed E-state index contributed by atoms with van der Waals surface area (Å²) >= 11 is 0. The summed E-state index contributed by atoms with van der Waals surface area (Å²) in [4.78, 5) is 9.38. The molecule has 1 fully saturated rings. The standard InChI is InChI=1S/C18H26N6/c1-2-3-9-19-18-21-17(14-20-22-18)24-12-10-23(11-13-24)15-16-7-5-4-6-8-16/h4-8,14H,2-3,9-13,15H2,1H3,(H,19,21,22). The van der Waals surface area contributed by atoms with Crippen LogP contribution in [0.25, 0.3) is 0 Å². The molecule has 2 heterocycles. The van der Waals surface area contributed by atoms with Gasteiger partial charge in [0, 0.05) is 39.3 Å². The van der Waals surface area contributed by atoms with Gasteiger partial charge in [-0.25, -0.2) is 0 Å². The van der Waals surface area contributed by atoms with Crippen molar-refractivity contribution < 1.29 is 0 Å². The van der Waals surface area contributed by atoms with Gasteiger partial charge in [0.2, 0.25) is 5.95 Å². The second-order valence-electron chi connectivity index (χ2n) is 6.17. The van der Waals surface area contributed by atoms with E-state index in [-0.39, 0.29) is 0 Å². The summed E-state index contributed by atoms with van der Waals surface area (Å²) in [5.74, 6) is 1.55. The first kappa shape index (κ1) is 16.6. The Kier molecular flexibility index (Phi) is 5.96. The van der Waals surface area contributed by atoms with E-state index in [1.54, 1.807) is 6.20 Å². The minimum absolute atomic E-state index is 0.632. The molecule has 0 aliphatic carbocycles. The maximum atomic E-state index is 4.60. The molecule has 0 saturated carbocycles. The van der Waals surface area contributed by atoms with Crippen LogP contribution in [0.1, 0.15) is 25.3 Å². The number of anilines is 2. The third-order valence-electron chi connectivity index (χ3n) is 4.30. The van der Waals surface area contributed by atoms with Crippen molar-refractivity contribution in [3.63, 3.8) is 0 Å². The lowest BCUT2D eigenvalue weighted by molar-refractivity contribution is 0.249. The third kappa shape index (κ3) is 4.64. The second-order valence-corrected chi connectivity index (χ2v) is 6.17. The molecule has 1 aliphatic heterocycles. The van der Waals surface area contributed by atoms with Gasteiger partial charge in [-0.3, -0.25) is 4.90 Å². The van der Waals surface area contributed by atoms with Crippen LogP contribution in [0.5, 0.6) is 0 Å². The monoisotopic (exact) mass is 326 g/mol. The van der Waals surface area contributed by atoms with Crippen LogP contribution in [-0.2, 0) is 6.54 Å². The number of benzene rings is 1. The third-order valence-corrected chi connectivity index (χ3v) is 4.30. The van der Waals surface area contributed by atoms with Crippen molar-refractivity contribution in [3.05, 3.63) is 42.1 Å². The largest absolute Gasteiger partial charge is 0.353 e. The first-order valence-corrected chi connectivity index (χ1v) is 8.80. The van der Waals surface area contributed by atoms with Crippen molar-refractivity contribution in [1.82, 2.24) is 20.1 Å². The van der Waals surface area contributed by atoms with E-state index in [1.165, 1.54) is 5.56 Å². The highest BCUT2D eigenvalue weighted by Crippen LogP contribution is 2.15. The van der Waals surface area contributed by atoms with Crippen LogP contribution in [0.3, 0.4) is 0 Å². The van der Waals surface area contributed by atoms with Crippen LogP contribution in [0, 0.1) is 0 Å². The fourth-order valence-corrected chi connectivity index (χ4v) is 2.88. The van der Waals surface area contributed by atoms with Crippen LogP contribution < -0.4 is 10.2 Å². The lowest BCUT2D eigenvalue weighted by Crippen LogP contribution is -2.46. The molecule has 24 heavy (non-hydrogen) atoms. The zero-order valence-corrected chi connectivity index (χ0v) is 14.4. The fourth-order valence-electron chi connectivity index (χ4n) is 2.88. The second kappa shape index (κ2) is 8.59. The van der Waals surface area contributed by atoms with Crippen molar-refractivity contribution in [2.75, 3.05) is 42.9 Å². The van der Waals surface area contributed by atoms with E-state index in [1.807, 2.05) is 0 Å². The summed E-state index contributed by atoms with van der Waals surface area (Å²) in [5.41, 5.74) is 1.37. The van der Waals surface area contributed by atoms with Gasteiger partial charge >= 0.3 is 0 Å². The predicted octanol–water partition coefficient (Wildman–Crippen LogP) is 2.41. The fraction of sp³-hybridized carbons (Fsp3) is 0.500. The molecule has 6 nitrogen and oxygen atoms in total. The molecule has 3 rings (SSSR count). The normalized spacial score (nSPS) is 15.5. The number of piperazine rings is 1. The zero-order chi connectivity index (χ0) is 16.6. The molecule has 0 bridgehead atoms. The molecule has 128 valence electrons. The van der Waals surface area contributed by atoms with Crippen LogP contribution in [0.15, 0.2) is 36.5 Å². The molecule has 1 N–H and O–H groups in total. The molecule has 2 aromatic rings. The molecule has 0 spiro atoms. The SMILES string of the molecule is CCCCNc1nncc(N2CCN(Cc3ccccc3)CC2)n1. The lowest BCUT2D eigenvalue weighted by atomic mass is 10.2. The van der Waals surface area contributed by atoms with Crippen molar-refractivity contribution >= 4 is 11.8 Å². The van der Waals surface area contributed by atoms with E-state index in [0.717, 1.165) is 57.9 Å². The van der Waals surface area contributed by atoms with Crippen molar-refractivity contribution in [2.24, 2.45) is 0 Å². The Labute approximate surface area is 143 Å². The van der Waals surface area contributed by atoms with E-state index in [4.69, 9.17) is 0 Å². The molecule has 1 aromatic heterocycles. The van der Waals surface area contributed by atoms with Gasteiger partial charge in [-0.1, -0.05) is 43.7 Å². The van der Waals surface area contributed by atoms with Crippen LogP contribution in [0.2, 0.25) is 0 Å². The lowest BCUT2D eigenvalue weighted by Gasteiger charge is -2.35. The molecule has 0 radical (unpaired) electrons. The van der Waals surface area contributed by atoms with Crippen LogP contribution in [-0.4, -0.2) is 52.8 Å². The van der Waals surface area contributed by atoms with Crippen molar-refractivity contribution in [3.8, 4) is 0 Å². The summed E-state index contributed by atoms with van der Waals surface area (Å²) < 4.78 is 0. The summed E-state index contributed by atoms with van der Waals surface area (Å²) in [5, 5.41) is 11.4. The number of aromatic nitrogens is 3. The first-order valence-electron chi connectivity index (χ1n) is 8.80. The van der Waals surface area contributed by atoms with Crippen LogP contribution >= 0.6 is 0 Å². The highest BCUT2D eigenvalue weighted by Gasteiger charge is 2.18. The maximum Gasteiger partial charge on any atom is 0.244 e. The maximum absolute atomic E-state index is 4.60. The first-order chi connectivity index (χ1) is 11.8. The summed E-state index contributed by atoms with van der Waals surface area (Å²) in [6.07, 6.45) is 4.03. The molecule has 1 saturated heterocycles. The molecule has 6 heteroatoms.